The minimum Gasteiger partial charge on any atom is -0.385 e. The summed E-state index contributed by atoms with van der Waals surface area (Å²) in [5.41, 5.74) is 1.15. The first kappa shape index (κ1) is 13.2. The van der Waals surface area contributed by atoms with Crippen LogP contribution in [0.5, 0.6) is 0 Å². The van der Waals surface area contributed by atoms with Crippen LogP contribution in [0.3, 0.4) is 0 Å². The van der Waals surface area contributed by atoms with Gasteiger partial charge in [0.2, 0.25) is 0 Å². The van der Waals surface area contributed by atoms with Gasteiger partial charge < -0.3 is 5.11 Å². The number of pyridine rings is 1. The topological polar surface area (TPSA) is 33.1 Å². The second-order valence-corrected chi connectivity index (χ2v) is 5.36. The van der Waals surface area contributed by atoms with E-state index in [9.17, 15) is 5.11 Å². The zero-order chi connectivity index (χ0) is 13.0. The predicted octanol–water partition coefficient (Wildman–Crippen LogP) is 3.68. The van der Waals surface area contributed by atoms with Crippen LogP contribution >= 0.6 is 15.9 Å². The van der Waals surface area contributed by atoms with Crippen molar-refractivity contribution >= 4 is 15.9 Å². The van der Waals surface area contributed by atoms with Crippen molar-refractivity contribution in [3.05, 3.63) is 64.4 Å². The molecule has 0 radical (unpaired) electrons. The quantitative estimate of drug-likeness (QED) is 0.934. The molecule has 1 atom stereocenters. The van der Waals surface area contributed by atoms with Gasteiger partial charge in [0, 0.05) is 23.3 Å². The third kappa shape index (κ3) is 2.98. The van der Waals surface area contributed by atoms with E-state index in [1.54, 1.807) is 12.4 Å². The molecule has 0 aliphatic carbocycles. The fraction of sp³-hybridized carbons (Fsp3) is 0.267. The highest BCUT2D eigenvalue weighted by Gasteiger charge is 2.27. The van der Waals surface area contributed by atoms with E-state index in [1.807, 2.05) is 43.3 Å². The summed E-state index contributed by atoms with van der Waals surface area (Å²) in [6.45, 7) is 2.00. The third-order valence-corrected chi connectivity index (χ3v) is 3.59. The Morgan fingerprint density at radius 2 is 1.94 bits per heavy atom. The summed E-state index contributed by atoms with van der Waals surface area (Å²) in [7, 11) is 0. The molecular weight excluding hydrogens is 290 g/mol. The summed E-state index contributed by atoms with van der Waals surface area (Å²) in [6, 6.07) is 11.8. The molecule has 0 aliphatic rings. The summed E-state index contributed by atoms with van der Waals surface area (Å²) >= 11 is 3.40. The van der Waals surface area contributed by atoms with Gasteiger partial charge in [0.25, 0.3) is 0 Å². The molecule has 1 unspecified atom stereocenters. The van der Waals surface area contributed by atoms with Crippen molar-refractivity contribution in [3.8, 4) is 0 Å². The monoisotopic (exact) mass is 305 g/mol. The fourth-order valence-electron chi connectivity index (χ4n) is 2.07. The second-order valence-electron chi connectivity index (χ2n) is 4.44. The van der Waals surface area contributed by atoms with Gasteiger partial charge in [0.1, 0.15) is 0 Å². The van der Waals surface area contributed by atoms with Crippen molar-refractivity contribution in [3.63, 3.8) is 0 Å². The summed E-state index contributed by atoms with van der Waals surface area (Å²) in [5.74, 6) is 0. The highest BCUT2D eigenvalue weighted by molar-refractivity contribution is 9.10. The number of benzene rings is 1. The van der Waals surface area contributed by atoms with Crippen LogP contribution in [0.4, 0.5) is 0 Å². The molecule has 2 nitrogen and oxygen atoms in total. The van der Waals surface area contributed by atoms with E-state index in [-0.39, 0.29) is 0 Å². The largest absolute Gasteiger partial charge is 0.385 e. The molecule has 0 aliphatic heterocycles. The molecule has 0 saturated heterocycles. The maximum atomic E-state index is 10.8. The highest BCUT2D eigenvalue weighted by Crippen LogP contribution is 2.29. The van der Waals surface area contributed by atoms with Gasteiger partial charge in [-0.15, -0.1) is 0 Å². The molecule has 1 aromatic carbocycles. The molecule has 0 amide bonds. The van der Waals surface area contributed by atoms with Crippen molar-refractivity contribution < 1.29 is 5.11 Å². The molecule has 2 rings (SSSR count). The summed E-state index contributed by atoms with van der Waals surface area (Å²) in [5, 5.41) is 10.8. The molecule has 3 heteroatoms. The lowest BCUT2D eigenvalue weighted by Gasteiger charge is -2.27. The molecule has 0 spiro atoms. The van der Waals surface area contributed by atoms with E-state index < -0.39 is 5.60 Å². The number of rotatable bonds is 4. The molecule has 94 valence electrons. The molecule has 18 heavy (non-hydrogen) atoms. The fourth-order valence-corrected chi connectivity index (χ4v) is 2.48. The number of halogens is 1. The number of aromatic nitrogens is 1. The normalized spacial score (nSPS) is 14.2. The molecule has 0 fully saturated rings. The van der Waals surface area contributed by atoms with Gasteiger partial charge in [-0.25, -0.2) is 0 Å². The van der Waals surface area contributed by atoms with Crippen molar-refractivity contribution in [1.82, 2.24) is 4.98 Å². The lowest BCUT2D eigenvalue weighted by molar-refractivity contribution is 0.0326. The van der Waals surface area contributed by atoms with E-state index in [4.69, 9.17) is 0 Å². The van der Waals surface area contributed by atoms with E-state index in [0.717, 1.165) is 15.6 Å². The number of nitrogens with zero attached hydrogens (tertiary/aromatic N) is 1. The molecule has 1 aromatic heterocycles. The van der Waals surface area contributed by atoms with Gasteiger partial charge in [0.15, 0.2) is 0 Å². The van der Waals surface area contributed by atoms with E-state index in [1.165, 1.54) is 0 Å². The van der Waals surface area contributed by atoms with Crippen molar-refractivity contribution in [2.45, 2.75) is 25.4 Å². The summed E-state index contributed by atoms with van der Waals surface area (Å²) in [4.78, 5) is 4.14. The van der Waals surface area contributed by atoms with Crippen LogP contribution in [0, 0.1) is 0 Å². The van der Waals surface area contributed by atoms with Crippen molar-refractivity contribution in [2.24, 2.45) is 0 Å². The van der Waals surface area contributed by atoms with Crippen molar-refractivity contribution in [2.75, 3.05) is 0 Å². The van der Waals surface area contributed by atoms with Crippen LogP contribution < -0.4 is 0 Å². The van der Waals surface area contributed by atoms with Gasteiger partial charge in [-0.3, -0.25) is 4.98 Å². The third-order valence-electron chi connectivity index (χ3n) is 3.15. The molecule has 1 heterocycles. The Morgan fingerprint density at radius 3 is 2.56 bits per heavy atom. The van der Waals surface area contributed by atoms with Crippen LogP contribution in [-0.2, 0) is 12.0 Å². The Bertz CT molecular complexity index is 515. The predicted molar refractivity (Wildman–Crippen MR) is 76.3 cm³/mol. The van der Waals surface area contributed by atoms with Gasteiger partial charge in [-0.05, 0) is 39.5 Å². The van der Waals surface area contributed by atoms with Gasteiger partial charge in [-0.2, -0.15) is 0 Å². The highest BCUT2D eigenvalue weighted by atomic mass is 79.9. The molecule has 0 saturated carbocycles. The maximum absolute atomic E-state index is 10.8. The van der Waals surface area contributed by atoms with Gasteiger partial charge in [-0.1, -0.05) is 37.3 Å². The smallest absolute Gasteiger partial charge is 0.0934 e. The minimum absolute atomic E-state index is 0.569. The molecule has 1 N–H and O–H groups in total. The summed E-state index contributed by atoms with van der Waals surface area (Å²) in [6.07, 6.45) is 4.79. The average molecular weight is 306 g/mol. The van der Waals surface area contributed by atoms with E-state index >= 15 is 0 Å². The van der Waals surface area contributed by atoms with Crippen LogP contribution in [0.25, 0.3) is 0 Å². The first-order valence-electron chi connectivity index (χ1n) is 6.01. The number of hydrogen-bond donors (Lipinski definition) is 1. The van der Waals surface area contributed by atoms with Crippen LogP contribution in [0.1, 0.15) is 24.5 Å². The van der Waals surface area contributed by atoms with E-state index in [0.29, 0.717) is 12.8 Å². The van der Waals surface area contributed by atoms with Crippen LogP contribution in [0.15, 0.2) is 53.3 Å². The van der Waals surface area contributed by atoms with E-state index in [2.05, 4.69) is 20.9 Å². The first-order chi connectivity index (χ1) is 8.64. The standard InChI is InChI=1S/C15H16BrNO/c1-2-15(18,13-6-4-3-5-7-13)9-12-8-14(16)11-17-10-12/h3-8,10-11,18H,2,9H2,1H3. The number of aliphatic hydroxyl groups is 1. The summed E-state index contributed by atoms with van der Waals surface area (Å²) < 4.78 is 0.937. The molecular formula is C15H16BrNO. The van der Waals surface area contributed by atoms with Crippen LogP contribution in [-0.4, -0.2) is 10.1 Å². The zero-order valence-corrected chi connectivity index (χ0v) is 11.9. The average Bonchev–Trinajstić information content (AvgIpc) is 2.39. The lowest BCUT2D eigenvalue weighted by Crippen LogP contribution is -2.27. The first-order valence-corrected chi connectivity index (χ1v) is 6.81. The Labute approximate surface area is 116 Å². The lowest BCUT2D eigenvalue weighted by atomic mass is 9.85. The second kappa shape index (κ2) is 5.63. The van der Waals surface area contributed by atoms with Crippen LogP contribution in [0.2, 0.25) is 0 Å². The zero-order valence-electron chi connectivity index (χ0n) is 10.3. The maximum Gasteiger partial charge on any atom is 0.0934 e. The van der Waals surface area contributed by atoms with Gasteiger partial charge >= 0.3 is 0 Å². The Balaban J connectivity index is 2.29. The molecule has 0 bridgehead atoms. The SMILES string of the molecule is CCC(O)(Cc1cncc(Br)c1)c1ccccc1. The Morgan fingerprint density at radius 1 is 1.22 bits per heavy atom. The Hall–Kier alpha value is -1.19. The molecule has 2 aromatic rings. The van der Waals surface area contributed by atoms with Gasteiger partial charge in [0.05, 0.1) is 5.60 Å². The Kier molecular flexibility index (Phi) is 4.15. The number of hydrogen-bond acceptors (Lipinski definition) is 2. The van der Waals surface area contributed by atoms with Crippen molar-refractivity contribution in [1.29, 1.82) is 0 Å². The minimum atomic E-state index is -0.830.